The topological polar surface area (TPSA) is 114 Å². The highest BCUT2D eigenvalue weighted by Gasteiger charge is 2.16. The van der Waals surface area contributed by atoms with Crippen LogP contribution in [0.4, 0.5) is 5.69 Å². The van der Waals surface area contributed by atoms with Crippen LogP contribution in [-0.4, -0.2) is 28.8 Å². The molecule has 8 heteroatoms. The molecule has 0 atom stereocenters. The molecule has 2 N–H and O–H groups in total. The van der Waals surface area contributed by atoms with Gasteiger partial charge in [0.15, 0.2) is 5.75 Å². The number of nitrogens with one attached hydrogen (secondary N) is 1. The van der Waals surface area contributed by atoms with E-state index in [0.29, 0.717) is 11.3 Å². The molecule has 0 saturated heterocycles. The Bertz CT molecular complexity index is 817. The van der Waals surface area contributed by atoms with Crippen molar-refractivity contribution in [2.75, 3.05) is 7.11 Å². The maximum Gasteiger partial charge on any atom is 0.311 e. The van der Waals surface area contributed by atoms with E-state index in [9.17, 15) is 20.0 Å². The fourth-order valence-electron chi connectivity index (χ4n) is 1.98. The molecule has 2 aromatic rings. The molecule has 24 heavy (non-hydrogen) atoms. The van der Waals surface area contributed by atoms with Crippen molar-refractivity contribution in [3.8, 4) is 11.5 Å². The van der Waals surface area contributed by atoms with E-state index in [1.165, 1.54) is 31.4 Å². The lowest BCUT2D eigenvalue weighted by Gasteiger charge is -2.06. The number of hydrogen-bond donors (Lipinski definition) is 2. The number of nitro benzene ring substituents is 1. The average Bonchev–Trinajstić information content (AvgIpc) is 2.59. The van der Waals surface area contributed by atoms with Crippen molar-refractivity contribution in [2.45, 2.75) is 6.92 Å². The summed E-state index contributed by atoms with van der Waals surface area (Å²) in [5.74, 6) is -0.617. The van der Waals surface area contributed by atoms with Crippen LogP contribution in [0, 0.1) is 10.1 Å². The van der Waals surface area contributed by atoms with E-state index in [1.807, 2.05) is 0 Å². The highest BCUT2D eigenvalue weighted by atomic mass is 16.6. The van der Waals surface area contributed by atoms with Crippen LogP contribution in [0.15, 0.2) is 47.6 Å². The molecule has 124 valence electrons. The van der Waals surface area contributed by atoms with Crippen LogP contribution in [-0.2, 0) is 0 Å². The third-order valence-corrected chi connectivity index (χ3v) is 3.27. The van der Waals surface area contributed by atoms with Crippen LogP contribution in [0.25, 0.3) is 0 Å². The summed E-state index contributed by atoms with van der Waals surface area (Å²) in [7, 11) is 1.34. The Balaban J connectivity index is 2.22. The largest absolute Gasteiger partial charge is 0.507 e. The van der Waals surface area contributed by atoms with Gasteiger partial charge in [0, 0.05) is 11.6 Å². The van der Waals surface area contributed by atoms with Crippen molar-refractivity contribution in [1.82, 2.24) is 5.43 Å². The Kier molecular flexibility index (Phi) is 5.10. The first-order chi connectivity index (χ1) is 11.4. The lowest BCUT2D eigenvalue weighted by Crippen LogP contribution is -2.19. The zero-order valence-electron chi connectivity index (χ0n) is 13.0. The number of aromatic hydroxyl groups is 1. The molecule has 0 heterocycles. The second-order valence-electron chi connectivity index (χ2n) is 4.80. The van der Waals surface area contributed by atoms with Crippen LogP contribution in [0.5, 0.6) is 11.5 Å². The number of nitrogens with zero attached hydrogens (tertiary/aromatic N) is 2. The van der Waals surface area contributed by atoms with Crippen LogP contribution in [0.3, 0.4) is 0 Å². The molecule has 2 rings (SSSR count). The number of methoxy groups -OCH3 is 1. The maximum atomic E-state index is 12.0. The first kappa shape index (κ1) is 16.9. The number of rotatable bonds is 5. The van der Waals surface area contributed by atoms with E-state index in [1.54, 1.807) is 25.1 Å². The van der Waals surface area contributed by atoms with Crippen LogP contribution < -0.4 is 10.2 Å². The van der Waals surface area contributed by atoms with Gasteiger partial charge in [-0.2, -0.15) is 5.10 Å². The molecule has 0 aliphatic heterocycles. The quantitative estimate of drug-likeness (QED) is 0.497. The number of benzene rings is 2. The Hall–Kier alpha value is -3.42. The van der Waals surface area contributed by atoms with Crippen molar-refractivity contribution in [1.29, 1.82) is 0 Å². The van der Waals surface area contributed by atoms with Gasteiger partial charge in [-0.25, -0.2) is 5.43 Å². The normalized spacial score (nSPS) is 11.0. The number of hydrazone groups is 1. The molecular formula is C16H15N3O5. The van der Waals surface area contributed by atoms with Gasteiger partial charge in [-0.05, 0) is 31.2 Å². The van der Waals surface area contributed by atoms with E-state index in [0.717, 1.165) is 0 Å². The van der Waals surface area contributed by atoms with Gasteiger partial charge in [0.1, 0.15) is 5.75 Å². The van der Waals surface area contributed by atoms with Crippen molar-refractivity contribution < 1.29 is 19.6 Å². The summed E-state index contributed by atoms with van der Waals surface area (Å²) in [6, 6.07) is 10.4. The third kappa shape index (κ3) is 3.67. The van der Waals surface area contributed by atoms with Gasteiger partial charge in [-0.3, -0.25) is 14.9 Å². The second-order valence-corrected chi connectivity index (χ2v) is 4.80. The summed E-state index contributed by atoms with van der Waals surface area (Å²) < 4.78 is 4.93. The van der Waals surface area contributed by atoms with Crippen LogP contribution >= 0.6 is 0 Å². The minimum Gasteiger partial charge on any atom is -0.507 e. The standard InChI is InChI=1S/C16H15N3O5/c1-10(11-7-8-15(24-2)13(9-11)19(22)23)17-18-16(21)12-5-3-4-6-14(12)20/h3-9,20H,1-2H3,(H,18,21)/b17-10-. The SMILES string of the molecule is COc1ccc(/C(C)=N\NC(=O)c2ccccc2O)cc1[N+](=O)[O-]. The minimum atomic E-state index is -0.588. The number of para-hydroxylation sites is 1. The van der Waals surface area contributed by atoms with Crippen LogP contribution in [0.1, 0.15) is 22.8 Å². The summed E-state index contributed by atoms with van der Waals surface area (Å²) >= 11 is 0. The van der Waals surface area contributed by atoms with Gasteiger partial charge < -0.3 is 9.84 Å². The van der Waals surface area contributed by atoms with Gasteiger partial charge in [-0.1, -0.05) is 12.1 Å². The van der Waals surface area contributed by atoms with Crippen molar-refractivity contribution in [2.24, 2.45) is 5.10 Å². The van der Waals surface area contributed by atoms with Gasteiger partial charge in [0.05, 0.1) is 23.3 Å². The summed E-state index contributed by atoms with van der Waals surface area (Å²) in [6.45, 7) is 1.59. The first-order valence-corrected chi connectivity index (χ1v) is 6.89. The van der Waals surface area contributed by atoms with E-state index >= 15 is 0 Å². The minimum absolute atomic E-state index is 0.0785. The van der Waals surface area contributed by atoms with E-state index in [-0.39, 0.29) is 22.7 Å². The molecule has 0 aromatic heterocycles. The monoisotopic (exact) mass is 329 g/mol. The number of carbonyl (C=O) groups is 1. The smallest absolute Gasteiger partial charge is 0.311 e. The van der Waals surface area contributed by atoms with Gasteiger partial charge in [0.25, 0.3) is 5.91 Å². The molecule has 0 fully saturated rings. The maximum absolute atomic E-state index is 12.0. The van der Waals surface area contributed by atoms with E-state index in [4.69, 9.17) is 4.74 Å². The molecule has 0 aliphatic carbocycles. The highest BCUT2D eigenvalue weighted by Crippen LogP contribution is 2.27. The summed E-state index contributed by atoms with van der Waals surface area (Å²) in [5, 5.41) is 24.6. The summed E-state index contributed by atoms with van der Waals surface area (Å²) in [5.41, 5.74) is 3.01. The van der Waals surface area contributed by atoms with Crippen molar-refractivity contribution >= 4 is 17.3 Å². The number of phenolic OH excluding ortho intramolecular Hbond substituents is 1. The van der Waals surface area contributed by atoms with Crippen molar-refractivity contribution in [3.05, 3.63) is 63.7 Å². The van der Waals surface area contributed by atoms with Gasteiger partial charge in [0.2, 0.25) is 0 Å². The van der Waals surface area contributed by atoms with E-state index in [2.05, 4.69) is 10.5 Å². The molecule has 0 unspecified atom stereocenters. The van der Waals surface area contributed by atoms with Crippen molar-refractivity contribution in [3.63, 3.8) is 0 Å². The fraction of sp³-hybridized carbons (Fsp3) is 0.125. The molecule has 8 nitrogen and oxygen atoms in total. The number of nitro groups is 1. The number of hydrogen-bond acceptors (Lipinski definition) is 6. The molecule has 0 saturated carbocycles. The second kappa shape index (κ2) is 7.23. The Morgan fingerprint density at radius 1 is 1.29 bits per heavy atom. The zero-order chi connectivity index (χ0) is 17.7. The molecular weight excluding hydrogens is 314 g/mol. The Labute approximate surface area is 137 Å². The summed E-state index contributed by atoms with van der Waals surface area (Å²) in [4.78, 5) is 22.4. The fourth-order valence-corrected chi connectivity index (χ4v) is 1.98. The molecule has 0 spiro atoms. The molecule has 0 radical (unpaired) electrons. The molecule has 0 aliphatic rings. The Morgan fingerprint density at radius 2 is 2.00 bits per heavy atom. The summed E-state index contributed by atoms with van der Waals surface area (Å²) in [6.07, 6.45) is 0. The van der Waals surface area contributed by atoms with Crippen LogP contribution in [0.2, 0.25) is 0 Å². The number of ether oxygens (including phenoxy) is 1. The lowest BCUT2D eigenvalue weighted by atomic mass is 10.1. The third-order valence-electron chi connectivity index (χ3n) is 3.27. The number of phenols is 1. The number of amides is 1. The van der Waals surface area contributed by atoms with Gasteiger partial charge >= 0.3 is 5.69 Å². The Morgan fingerprint density at radius 3 is 2.62 bits per heavy atom. The number of carbonyl (C=O) groups excluding carboxylic acids is 1. The van der Waals surface area contributed by atoms with E-state index < -0.39 is 10.8 Å². The lowest BCUT2D eigenvalue weighted by molar-refractivity contribution is -0.385. The first-order valence-electron chi connectivity index (χ1n) is 6.89. The average molecular weight is 329 g/mol. The molecule has 0 bridgehead atoms. The zero-order valence-corrected chi connectivity index (χ0v) is 13.0. The predicted octanol–water partition coefficient (Wildman–Crippen LogP) is 2.46. The molecule has 2 aromatic carbocycles. The highest BCUT2D eigenvalue weighted by molar-refractivity contribution is 6.02. The van der Waals surface area contributed by atoms with Gasteiger partial charge in [-0.15, -0.1) is 0 Å². The predicted molar refractivity (Wildman–Crippen MR) is 87.4 cm³/mol. The molecule has 1 amide bonds.